The lowest BCUT2D eigenvalue weighted by Gasteiger charge is -2.30. The first-order valence-corrected chi connectivity index (χ1v) is 7.19. The Labute approximate surface area is 117 Å². The standard InChI is InChI=1S/C13H20IN3/c1-13(2,3)11-5-4-10(12(14)16-11)17-8-6-15-7-9-17/h4-5,15H,6-9H2,1-3H3. The van der Waals surface area contributed by atoms with Gasteiger partial charge in [0.15, 0.2) is 0 Å². The Balaban J connectivity index is 2.25. The summed E-state index contributed by atoms with van der Waals surface area (Å²) < 4.78 is 1.12. The second kappa shape index (κ2) is 5.10. The SMILES string of the molecule is CC(C)(C)c1ccc(N2CCNCC2)c(I)n1. The van der Waals surface area contributed by atoms with Crippen molar-refractivity contribution in [1.29, 1.82) is 0 Å². The molecule has 2 heterocycles. The number of nitrogens with one attached hydrogen (secondary N) is 1. The van der Waals surface area contributed by atoms with Crippen molar-refractivity contribution in [1.82, 2.24) is 10.3 Å². The molecule has 0 atom stereocenters. The van der Waals surface area contributed by atoms with Crippen LogP contribution in [0.3, 0.4) is 0 Å². The molecule has 1 aromatic heterocycles. The molecule has 1 fully saturated rings. The van der Waals surface area contributed by atoms with E-state index < -0.39 is 0 Å². The first kappa shape index (κ1) is 13.1. The van der Waals surface area contributed by atoms with Gasteiger partial charge in [-0.05, 0) is 34.7 Å². The van der Waals surface area contributed by atoms with Gasteiger partial charge in [0, 0.05) is 37.3 Å². The van der Waals surface area contributed by atoms with Gasteiger partial charge in [0.25, 0.3) is 0 Å². The average molecular weight is 345 g/mol. The minimum absolute atomic E-state index is 0.127. The molecular formula is C13H20IN3. The molecule has 4 heteroatoms. The molecule has 1 N–H and O–H groups in total. The van der Waals surface area contributed by atoms with Gasteiger partial charge in [0.05, 0.1) is 5.69 Å². The molecule has 94 valence electrons. The fourth-order valence-electron chi connectivity index (χ4n) is 1.99. The highest BCUT2D eigenvalue weighted by Crippen LogP contribution is 2.26. The number of halogens is 1. The second-order valence-electron chi connectivity index (χ2n) is 5.49. The van der Waals surface area contributed by atoms with Crippen LogP contribution in [0.1, 0.15) is 26.5 Å². The Morgan fingerprint density at radius 2 is 1.88 bits per heavy atom. The van der Waals surface area contributed by atoms with Crippen LogP contribution in [0.4, 0.5) is 5.69 Å². The molecule has 0 aliphatic carbocycles. The molecule has 1 aromatic rings. The van der Waals surface area contributed by atoms with Gasteiger partial charge in [0.1, 0.15) is 3.70 Å². The van der Waals surface area contributed by atoms with Crippen LogP contribution in [0.2, 0.25) is 0 Å². The van der Waals surface area contributed by atoms with Crippen LogP contribution < -0.4 is 10.2 Å². The maximum absolute atomic E-state index is 4.74. The molecule has 0 bridgehead atoms. The zero-order valence-electron chi connectivity index (χ0n) is 10.8. The van der Waals surface area contributed by atoms with E-state index >= 15 is 0 Å². The van der Waals surface area contributed by atoms with E-state index in [0.717, 1.165) is 29.9 Å². The van der Waals surface area contributed by atoms with E-state index in [9.17, 15) is 0 Å². The normalized spacial score (nSPS) is 17.3. The number of aromatic nitrogens is 1. The van der Waals surface area contributed by atoms with Crippen LogP contribution in [0.5, 0.6) is 0 Å². The minimum atomic E-state index is 0.127. The Bertz CT molecular complexity index is 392. The van der Waals surface area contributed by atoms with E-state index in [-0.39, 0.29) is 5.41 Å². The van der Waals surface area contributed by atoms with Crippen molar-refractivity contribution in [2.45, 2.75) is 26.2 Å². The highest BCUT2D eigenvalue weighted by Gasteiger charge is 2.19. The Hall–Kier alpha value is -0.360. The molecule has 1 saturated heterocycles. The van der Waals surface area contributed by atoms with Gasteiger partial charge >= 0.3 is 0 Å². The third kappa shape index (κ3) is 3.10. The highest BCUT2D eigenvalue weighted by atomic mass is 127. The lowest BCUT2D eigenvalue weighted by Crippen LogP contribution is -2.44. The van der Waals surface area contributed by atoms with E-state index in [1.165, 1.54) is 11.4 Å². The summed E-state index contributed by atoms with van der Waals surface area (Å²) in [4.78, 5) is 7.16. The summed E-state index contributed by atoms with van der Waals surface area (Å²) in [5.74, 6) is 0. The van der Waals surface area contributed by atoms with Crippen LogP contribution in [-0.4, -0.2) is 31.2 Å². The maximum atomic E-state index is 4.74. The van der Waals surface area contributed by atoms with Crippen LogP contribution in [-0.2, 0) is 5.41 Å². The molecule has 1 aliphatic rings. The number of nitrogens with zero attached hydrogens (tertiary/aromatic N) is 2. The summed E-state index contributed by atoms with van der Waals surface area (Å²) in [6.45, 7) is 10.9. The molecule has 3 nitrogen and oxygen atoms in total. The monoisotopic (exact) mass is 345 g/mol. The molecule has 17 heavy (non-hydrogen) atoms. The van der Waals surface area contributed by atoms with Crippen molar-refractivity contribution in [3.8, 4) is 0 Å². The van der Waals surface area contributed by atoms with Crippen LogP contribution in [0.25, 0.3) is 0 Å². The van der Waals surface area contributed by atoms with E-state index in [0.29, 0.717) is 0 Å². The molecule has 2 rings (SSSR count). The van der Waals surface area contributed by atoms with Gasteiger partial charge in [-0.25, -0.2) is 4.98 Å². The zero-order valence-corrected chi connectivity index (χ0v) is 12.9. The smallest absolute Gasteiger partial charge is 0.124 e. The van der Waals surface area contributed by atoms with Crippen molar-refractivity contribution >= 4 is 28.3 Å². The first-order valence-electron chi connectivity index (χ1n) is 6.11. The fraction of sp³-hybridized carbons (Fsp3) is 0.615. The number of hydrogen-bond donors (Lipinski definition) is 1. The molecule has 0 amide bonds. The fourth-order valence-corrected chi connectivity index (χ4v) is 2.77. The topological polar surface area (TPSA) is 28.2 Å². The van der Waals surface area contributed by atoms with Crippen molar-refractivity contribution in [2.75, 3.05) is 31.1 Å². The van der Waals surface area contributed by atoms with Crippen molar-refractivity contribution < 1.29 is 0 Å². The number of piperazine rings is 1. The summed E-state index contributed by atoms with van der Waals surface area (Å²) in [7, 11) is 0. The predicted octanol–water partition coefficient (Wildman–Crippen LogP) is 2.39. The van der Waals surface area contributed by atoms with Gasteiger partial charge in [-0.15, -0.1) is 0 Å². The van der Waals surface area contributed by atoms with E-state index in [4.69, 9.17) is 4.98 Å². The number of hydrogen-bond acceptors (Lipinski definition) is 3. The van der Waals surface area contributed by atoms with Crippen molar-refractivity contribution in [3.63, 3.8) is 0 Å². The number of pyridine rings is 1. The van der Waals surface area contributed by atoms with Crippen LogP contribution in [0.15, 0.2) is 12.1 Å². The summed E-state index contributed by atoms with van der Waals surface area (Å²) in [5.41, 5.74) is 2.57. The summed E-state index contributed by atoms with van der Waals surface area (Å²) >= 11 is 2.36. The predicted molar refractivity (Wildman–Crippen MR) is 80.7 cm³/mol. The molecule has 0 unspecified atom stereocenters. The third-order valence-electron chi connectivity index (χ3n) is 3.06. The molecule has 1 aliphatic heterocycles. The summed E-state index contributed by atoms with van der Waals surface area (Å²) in [6, 6.07) is 4.39. The Morgan fingerprint density at radius 3 is 2.41 bits per heavy atom. The second-order valence-corrected chi connectivity index (χ2v) is 6.52. The molecular weight excluding hydrogens is 325 g/mol. The molecule has 0 spiro atoms. The Morgan fingerprint density at radius 1 is 1.24 bits per heavy atom. The van der Waals surface area contributed by atoms with Gasteiger partial charge < -0.3 is 10.2 Å². The van der Waals surface area contributed by atoms with Crippen molar-refractivity contribution in [3.05, 3.63) is 21.5 Å². The van der Waals surface area contributed by atoms with E-state index in [1.807, 2.05) is 0 Å². The largest absolute Gasteiger partial charge is 0.367 e. The molecule has 0 saturated carbocycles. The lowest BCUT2D eigenvalue weighted by atomic mass is 9.92. The lowest BCUT2D eigenvalue weighted by molar-refractivity contribution is 0.563. The van der Waals surface area contributed by atoms with E-state index in [1.54, 1.807) is 0 Å². The van der Waals surface area contributed by atoms with Gasteiger partial charge in [-0.2, -0.15) is 0 Å². The van der Waals surface area contributed by atoms with Crippen LogP contribution >= 0.6 is 22.6 Å². The van der Waals surface area contributed by atoms with Gasteiger partial charge in [-0.3, -0.25) is 0 Å². The Kier molecular flexibility index (Phi) is 3.92. The summed E-state index contributed by atoms with van der Waals surface area (Å²) in [5, 5.41) is 3.38. The quantitative estimate of drug-likeness (QED) is 0.626. The first-order chi connectivity index (χ1) is 7.98. The van der Waals surface area contributed by atoms with Gasteiger partial charge in [-0.1, -0.05) is 20.8 Å². The highest BCUT2D eigenvalue weighted by molar-refractivity contribution is 14.1. The zero-order chi connectivity index (χ0) is 12.5. The van der Waals surface area contributed by atoms with Gasteiger partial charge in [0.2, 0.25) is 0 Å². The minimum Gasteiger partial charge on any atom is -0.367 e. The summed E-state index contributed by atoms with van der Waals surface area (Å²) in [6.07, 6.45) is 0. The number of anilines is 1. The maximum Gasteiger partial charge on any atom is 0.124 e. The number of rotatable bonds is 1. The average Bonchev–Trinajstić information content (AvgIpc) is 2.29. The third-order valence-corrected chi connectivity index (χ3v) is 3.85. The van der Waals surface area contributed by atoms with Crippen molar-refractivity contribution in [2.24, 2.45) is 0 Å². The van der Waals surface area contributed by atoms with Crippen LogP contribution in [0, 0.1) is 3.70 Å². The van der Waals surface area contributed by atoms with E-state index in [2.05, 4.69) is 65.7 Å². The molecule has 0 radical (unpaired) electrons. The molecule has 0 aromatic carbocycles.